The number of nitrogens with one attached hydrogen (secondary N) is 1. The van der Waals surface area contributed by atoms with Crippen LogP contribution in [-0.4, -0.2) is 40.4 Å². The van der Waals surface area contributed by atoms with Crippen molar-refractivity contribution >= 4 is 17.6 Å². The Morgan fingerprint density at radius 1 is 1.48 bits per heavy atom. The van der Waals surface area contributed by atoms with Gasteiger partial charge >= 0.3 is 0 Å². The summed E-state index contributed by atoms with van der Waals surface area (Å²) >= 11 is 0. The second-order valence-electron chi connectivity index (χ2n) is 4.39. The predicted molar refractivity (Wildman–Crippen MR) is 71.0 cm³/mol. The molecule has 0 bridgehead atoms. The van der Waals surface area contributed by atoms with Gasteiger partial charge in [0.15, 0.2) is 11.6 Å². The maximum atomic E-state index is 13.5. The van der Waals surface area contributed by atoms with Gasteiger partial charge in [0, 0.05) is 19.3 Å². The van der Waals surface area contributed by atoms with Crippen molar-refractivity contribution in [3.8, 4) is 0 Å². The molecule has 2 heterocycles. The van der Waals surface area contributed by atoms with Crippen LogP contribution in [0.2, 0.25) is 0 Å². The first-order chi connectivity index (χ1) is 9.97. The van der Waals surface area contributed by atoms with Gasteiger partial charge in [0.2, 0.25) is 5.91 Å². The number of aromatic nitrogens is 2. The van der Waals surface area contributed by atoms with Gasteiger partial charge in [-0.05, 0) is 13.0 Å². The Hall–Kier alpha value is -2.77. The second kappa shape index (κ2) is 6.12. The van der Waals surface area contributed by atoms with Crippen molar-refractivity contribution < 1.29 is 18.5 Å². The molecule has 0 aromatic carbocycles. The van der Waals surface area contributed by atoms with E-state index in [0.29, 0.717) is 5.76 Å². The molecule has 0 radical (unpaired) electrons. The van der Waals surface area contributed by atoms with E-state index >= 15 is 0 Å². The summed E-state index contributed by atoms with van der Waals surface area (Å²) in [6.45, 7) is 1.44. The maximum Gasteiger partial charge on any atom is 0.257 e. The quantitative estimate of drug-likeness (QED) is 0.915. The molecule has 7 nitrogen and oxygen atoms in total. The monoisotopic (exact) mass is 292 g/mol. The van der Waals surface area contributed by atoms with Crippen LogP contribution in [0.15, 0.2) is 29.0 Å². The number of carbonyl (C=O) groups is 2. The summed E-state index contributed by atoms with van der Waals surface area (Å²) in [6.07, 6.45) is 2.25. The Morgan fingerprint density at radius 3 is 2.86 bits per heavy atom. The van der Waals surface area contributed by atoms with Crippen LogP contribution in [0.5, 0.6) is 0 Å². The molecule has 2 aromatic rings. The van der Waals surface area contributed by atoms with Crippen molar-refractivity contribution in [1.82, 2.24) is 15.0 Å². The van der Waals surface area contributed by atoms with Gasteiger partial charge in [-0.3, -0.25) is 14.6 Å². The SMILES string of the molecule is Cc1cc(NC(=O)CN(C)C(=O)c2ccncc2F)no1. The Labute approximate surface area is 119 Å². The molecule has 0 aliphatic carbocycles. The lowest BCUT2D eigenvalue weighted by molar-refractivity contribution is -0.116. The molecule has 8 heteroatoms. The zero-order valence-corrected chi connectivity index (χ0v) is 11.5. The maximum absolute atomic E-state index is 13.5. The third kappa shape index (κ3) is 3.62. The van der Waals surface area contributed by atoms with E-state index in [1.807, 2.05) is 0 Å². The van der Waals surface area contributed by atoms with E-state index in [2.05, 4.69) is 15.5 Å². The fourth-order valence-electron chi connectivity index (χ4n) is 1.65. The lowest BCUT2D eigenvalue weighted by Crippen LogP contribution is -2.35. The van der Waals surface area contributed by atoms with E-state index in [9.17, 15) is 14.0 Å². The normalized spacial score (nSPS) is 10.2. The number of aryl methyl sites for hydroxylation is 1. The fraction of sp³-hybridized carbons (Fsp3) is 0.231. The Morgan fingerprint density at radius 2 is 2.24 bits per heavy atom. The zero-order chi connectivity index (χ0) is 15.4. The number of hydrogen-bond donors (Lipinski definition) is 1. The van der Waals surface area contributed by atoms with Gasteiger partial charge in [0.25, 0.3) is 5.91 Å². The highest BCUT2D eigenvalue weighted by atomic mass is 19.1. The number of halogens is 1. The largest absolute Gasteiger partial charge is 0.360 e. The van der Waals surface area contributed by atoms with Gasteiger partial charge in [-0.25, -0.2) is 4.39 Å². The summed E-state index contributed by atoms with van der Waals surface area (Å²) in [4.78, 5) is 28.4. The first kappa shape index (κ1) is 14.6. The summed E-state index contributed by atoms with van der Waals surface area (Å²) in [6, 6.07) is 2.80. The molecule has 2 amide bonds. The Kier molecular flexibility index (Phi) is 4.27. The standard InChI is InChI=1S/C13H13FN4O3/c1-8-5-11(17-21-8)16-12(19)7-18(2)13(20)9-3-4-15-6-10(9)14/h3-6H,7H2,1-2H3,(H,16,17,19). The van der Waals surface area contributed by atoms with Crippen LogP contribution in [0.1, 0.15) is 16.1 Å². The highest BCUT2D eigenvalue weighted by Gasteiger charge is 2.18. The number of pyridine rings is 1. The molecule has 2 aromatic heterocycles. The van der Waals surface area contributed by atoms with Gasteiger partial charge in [-0.1, -0.05) is 5.16 Å². The number of rotatable bonds is 4. The number of anilines is 1. The molecular formula is C13H13FN4O3. The van der Waals surface area contributed by atoms with Crippen molar-refractivity contribution in [2.24, 2.45) is 0 Å². The summed E-state index contributed by atoms with van der Waals surface area (Å²) in [5, 5.41) is 6.07. The first-order valence-corrected chi connectivity index (χ1v) is 6.05. The third-order valence-corrected chi connectivity index (χ3v) is 2.63. The van der Waals surface area contributed by atoms with Crippen LogP contribution in [0.25, 0.3) is 0 Å². The molecule has 0 fully saturated rings. The number of likely N-dealkylation sites (N-methyl/N-ethyl adjacent to an activating group) is 1. The topological polar surface area (TPSA) is 88.3 Å². The minimum atomic E-state index is -0.734. The van der Waals surface area contributed by atoms with Crippen molar-refractivity contribution in [3.05, 3.63) is 41.7 Å². The highest BCUT2D eigenvalue weighted by Crippen LogP contribution is 2.09. The van der Waals surface area contributed by atoms with E-state index in [0.717, 1.165) is 11.1 Å². The number of nitrogens with zero attached hydrogens (tertiary/aromatic N) is 3. The van der Waals surface area contributed by atoms with Gasteiger partial charge < -0.3 is 14.7 Å². The molecule has 0 atom stereocenters. The summed E-state index contributed by atoms with van der Waals surface area (Å²) in [5.74, 6) is -1.00. The first-order valence-electron chi connectivity index (χ1n) is 6.05. The Bertz CT molecular complexity index is 671. The van der Waals surface area contributed by atoms with Crippen LogP contribution in [0.4, 0.5) is 10.2 Å². The summed E-state index contributed by atoms with van der Waals surface area (Å²) < 4.78 is 18.3. The second-order valence-corrected chi connectivity index (χ2v) is 4.39. The van der Waals surface area contributed by atoms with E-state index in [-0.39, 0.29) is 17.9 Å². The van der Waals surface area contributed by atoms with Crippen molar-refractivity contribution in [2.45, 2.75) is 6.92 Å². The van der Waals surface area contributed by atoms with E-state index < -0.39 is 17.6 Å². The lowest BCUT2D eigenvalue weighted by atomic mass is 10.2. The molecule has 0 aliphatic heterocycles. The molecular weight excluding hydrogens is 279 g/mol. The molecule has 0 unspecified atom stereocenters. The van der Waals surface area contributed by atoms with Crippen LogP contribution >= 0.6 is 0 Å². The Balaban J connectivity index is 1.97. The number of carbonyl (C=O) groups excluding carboxylic acids is 2. The van der Waals surface area contributed by atoms with Crippen molar-refractivity contribution in [2.75, 3.05) is 18.9 Å². The molecule has 1 N–H and O–H groups in total. The van der Waals surface area contributed by atoms with E-state index in [1.165, 1.54) is 19.3 Å². The van der Waals surface area contributed by atoms with Crippen LogP contribution in [0.3, 0.4) is 0 Å². The third-order valence-electron chi connectivity index (χ3n) is 2.63. The zero-order valence-electron chi connectivity index (χ0n) is 11.5. The smallest absolute Gasteiger partial charge is 0.257 e. The summed E-state index contributed by atoms with van der Waals surface area (Å²) in [7, 11) is 1.40. The van der Waals surface area contributed by atoms with Crippen LogP contribution in [-0.2, 0) is 4.79 Å². The highest BCUT2D eigenvalue weighted by molar-refractivity contribution is 5.98. The average Bonchev–Trinajstić information content (AvgIpc) is 2.83. The van der Waals surface area contributed by atoms with E-state index in [1.54, 1.807) is 13.0 Å². The minimum absolute atomic E-state index is 0.141. The lowest BCUT2D eigenvalue weighted by Gasteiger charge is -2.16. The molecule has 0 aliphatic rings. The van der Waals surface area contributed by atoms with Gasteiger partial charge in [0.1, 0.15) is 5.76 Å². The average molecular weight is 292 g/mol. The van der Waals surface area contributed by atoms with Crippen LogP contribution in [0, 0.1) is 12.7 Å². The van der Waals surface area contributed by atoms with Crippen molar-refractivity contribution in [3.63, 3.8) is 0 Å². The summed E-state index contributed by atoms with van der Waals surface area (Å²) in [5.41, 5.74) is -0.141. The molecule has 21 heavy (non-hydrogen) atoms. The van der Waals surface area contributed by atoms with Gasteiger partial charge in [-0.15, -0.1) is 0 Å². The molecule has 0 spiro atoms. The van der Waals surface area contributed by atoms with Gasteiger partial charge in [0.05, 0.1) is 18.3 Å². The molecule has 110 valence electrons. The van der Waals surface area contributed by atoms with Crippen LogP contribution < -0.4 is 5.32 Å². The predicted octanol–water partition coefficient (Wildman–Crippen LogP) is 1.23. The van der Waals surface area contributed by atoms with Gasteiger partial charge in [-0.2, -0.15) is 0 Å². The number of amides is 2. The van der Waals surface area contributed by atoms with E-state index in [4.69, 9.17) is 4.52 Å². The van der Waals surface area contributed by atoms with Crippen molar-refractivity contribution in [1.29, 1.82) is 0 Å². The minimum Gasteiger partial charge on any atom is -0.360 e. The number of hydrogen-bond acceptors (Lipinski definition) is 5. The fourth-order valence-corrected chi connectivity index (χ4v) is 1.65. The molecule has 0 saturated carbocycles. The molecule has 2 rings (SSSR count). The molecule has 0 saturated heterocycles.